The van der Waals surface area contributed by atoms with Crippen molar-refractivity contribution in [1.82, 2.24) is 5.32 Å². The number of carbonyl (C=O) groups excluding carboxylic acids is 2. The molecule has 0 atom stereocenters. The third-order valence-corrected chi connectivity index (χ3v) is 2.43. The molecule has 1 N–H and O–H groups in total. The first kappa shape index (κ1) is 14.3. The molecule has 0 heterocycles. The zero-order chi connectivity index (χ0) is 13.5. The smallest absolute Gasteiger partial charge is 0.220 e. The number of benzene rings is 1. The van der Waals surface area contributed by atoms with Crippen LogP contribution < -0.4 is 5.32 Å². The molecule has 0 aliphatic carbocycles. The average Bonchev–Trinajstić information content (AvgIpc) is 2.31. The maximum absolute atomic E-state index is 13.2. The third-order valence-electron chi connectivity index (χ3n) is 2.43. The predicted octanol–water partition coefficient (Wildman–Crippen LogP) is 1.99. The van der Waals surface area contributed by atoms with E-state index >= 15 is 0 Å². The standard InChI is InChI=1S/C13H15F2NO2/c1-9(17)2-5-13(18)16-7-6-10-8-11(14)3-4-12(10)15/h3-4,8H,2,5-7H2,1H3,(H,16,18). The van der Waals surface area contributed by atoms with Gasteiger partial charge in [0.05, 0.1) is 0 Å². The quantitative estimate of drug-likeness (QED) is 0.845. The van der Waals surface area contributed by atoms with Crippen LogP contribution in [-0.2, 0) is 16.0 Å². The Balaban J connectivity index is 2.35. The highest BCUT2D eigenvalue weighted by molar-refractivity contribution is 5.83. The van der Waals surface area contributed by atoms with Gasteiger partial charge in [-0.15, -0.1) is 0 Å². The first-order valence-corrected chi connectivity index (χ1v) is 5.69. The van der Waals surface area contributed by atoms with Gasteiger partial charge in [-0.1, -0.05) is 0 Å². The molecule has 0 radical (unpaired) electrons. The zero-order valence-corrected chi connectivity index (χ0v) is 10.1. The highest BCUT2D eigenvalue weighted by Gasteiger charge is 2.06. The molecule has 1 amide bonds. The van der Waals surface area contributed by atoms with E-state index in [1.54, 1.807) is 0 Å². The van der Waals surface area contributed by atoms with Crippen LogP contribution in [0.3, 0.4) is 0 Å². The van der Waals surface area contributed by atoms with E-state index in [2.05, 4.69) is 5.32 Å². The minimum absolute atomic E-state index is 0.0543. The molecular weight excluding hydrogens is 240 g/mol. The Morgan fingerprint density at radius 3 is 2.61 bits per heavy atom. The van der Waals surface area contributed by atoms with E-state index in [9.17, 15) is 18.4 Å². The van der Waals surface area contributed by atoms with E-state index in [4.69, 9.17) is 0 Å². The van der Waals surface area contributed by atoms with E-state index in [1.807, 2.05) is 0 Å². The molecular formula is C13H15F2NO2. The molecule has 0 saturated heterocycles. The summed E-state index contributed by atoms with van der Waals surface area (Å²) >= 11 is 0. The highest BCUT2D eigenvalue weighted by atomic mass is 19.1. The van der Waals surface area contributed by atoms with Crippen molar-refractivity contribution in [1.29, 1.82) is 0 Å². The largest absolute Gasteiger partial charge is 0.356 e. The van der Waals surface area contributed by atoms with Crippen molar-refractivity contribution in [3.8, 4) is 0 Å². The molecule has 0 spiro atoms. The van der Waals surface area contributed by atoms with Crippen LogP contribution in [0, 0.1) is 11.6 Å². The lowest BCUT2D eigenvalue weighted by Gasteiger charge is -2.05. The molecule has 1 aromatic carbocycles. The maximum Gasteiger partial charge on any atom is 0.220 e. The van der Waals surface area contributed by atoms with Crippen LogP contribution in [0.2, 0.25) is 0 Å². The molecule has 1 rings (SSSR count). The Hall–Kier alpha value is -1.78. The van der Waals surface area contributed by atoms with Gasteiger partial charge >= 0.3 is 0 Å². The number of hydrogen-bond acceptors (Lipinski definition) is 2. The van der Waals surface area contributed by atoms with Gasteiger partial charge in [-0.3, -0.25) is 4.79 Å². The summed E-state index contributed by atoms with van der Waals surface area (Å²) in [6.07, 6.45) is 0.538. The van der Waals surface area contributed by atoms with Crippen LogP contribution in [0.15, 0.2) is 18.2 Å². The molecule has 0 bridgehead atoms. The fourth-order valence-electron chi connectivity index (χ4n) is 1.45. The predicted molar refractivity (Wildman–Crippen MR) is 63.0 cm³/mol. The fraction of sp³-hybridized carbons (Fsp3) is 0.385. The van der Waals surface area contributed by atoms with Gasteiger partial charge < -0.3 is 10.1 Å². The number of halogens is 2. The van der Waals surface area contributed by atoms with Gasteiger partial charge in [0.2, 0.25) is 5.91 Å². The van der Waals surface area contributed by atoms with Crippen molar-refractivity contribution in [3.63, 3.8) is 0 Å². The Morgan fingerprint density at radius 1 is 1.22 bits per heavy atom. The SMILES string of the molecule is CC(=O)CCC(=O)NCCc1cc(F)ccc1F. The molecule has 0 aromatic heterocycles. The second kappa shape index (κ2) is 6.83. The van der Waals surface area contributed by atoms with Crippen LogP contribution in [0.4, 0.5) is 8.78 Å². The number of carbonyl (C=O) groups is 2. The minimum Gasteiger partial charge on any atom is -0.356 e. The molecule has 0 fully saturated rings. The van der Waals surface area contributed by atoms with Crippen LogP contribution >= 0.6 is 0 Å². The summed E-state index contributed by atoms with van der Waals surface area (Å²) in [4.78, 5) is 21.9. The monoisotopic (exact) mass is 255 g/mol. The average molecular weight is 255 g/mol. The summed E-state index contributed by atoms with van der Waals surface area (Å²) in [5, 5.41) is 2.55. The van der Waals surface area contributed by atoms with Crippen LogP contribution in [0.1, 0.15) is 25.3 Å². The van der Waals surface area contributed by atoms with Crippen LogP contribution in [-0.4, -0.2) is 18.2 Å². The number of Topliss-reactive ketones (excluding diaryl/α,β-unsaturated/α-hetero) is 1. The normalized spacial score (nSPS) is 10.2. The molecule has 0 saturated carbocycles. The second-order valence-electron chi connectivity index (χ2n) is 4.04. The Bertz CT molecular complexity index is 447. The van der Waals surface area contributed by atoms with Crippen LogP contribution in [0.25, 0.3) is 0 Å². The second-order valence-corrected chi connectivity index (χ2v) is 4.04. The summed E-state index contributed by atoms with van der Waals surface area (Å²) in [6.45, 7) is 1.63. The number of hydrogen-bond donors (Lipinski definition) is 1. The molecule has 0 aliphatic heterocycles. The van der Waals surface area contributed by atoms with Crippen molar-refractivity contribution in [2.24, 2.45) is 0 Å². The van der Waals surface area contributed by atoms with Crippen molar-refractivity contribution in [3.05, 3.63) is 35.4 Å². The van der Waals surface area contributed by atoms with Crippen molar-refractivity contribution in [2.75, 3.05) is 6.54 Å². The van der Waals surface area contributed by atoms with Crippen LogP contribution in [0.5, 0.6) is 0 Å². The van der Waals surface area contributed by atoms with E-state index in [-0.39, 0.29) is 43.1 Å². The number of rotatable bonds is 6. The molecule has 18 heavy (non-hydrogen) atoms. The van der Waals surface area contributed by atoms with E-state index < -0.39 is 11.6 Å². The maximum atomic E-state index is 13.2. The van der Waals surface area contributed by atoms with Gasteiger partial charge in [0.15, 0.2) is 0 Å². The lowest BCUT2D eigenvalue weighted by molar-refractivity contribution is -0.124. The summed E-state index contributed by atoms with van der Waals surface area (Å²) in [5.41, 5.74) is 0.224. The first-order chi connectivity index (χ1) is 8.49. The topological polar surface area (TPSA) is 46.2 Å². The van der Waals surface area contributed by atoms with E-state index in [0.29, 0.717) is 0 Å². The van der Waals surface area contributed by atoms with Crippen molar-refractivity contribution in [2.45, 2.75) is 26.2 Å². The summed E-state index contributed by atoms with van der Waals surface area (Å²) < 4.78 is 26.1. The summed E-state index contributed by atoms with van der Waals surface area (Å²) in [6, 6.07) is 3.21. The molecule has 0 unspecified atom stereocenters. The molecule has 98 valence electrons. The van der Waals surface area contributed by atoms with E-state index in [1.165, 1.54) is 6.92 Å². The van der Waals surface area contributed by atoms with Crippen molar-refractivity contribution < 1.29 is 18.4 Å². The van der Waals surface area contributed by atoms with E-state index in [0.717, 1.165) is 18.2 Å². The first-order valence-electron chi connectivity index (χ1n) is 5.69. The Morgan fingerprint density at radius 2 is 1.94 bits per heavy atom. The number of ketones is 1. The Kier molecular flexibility index (Phi) is 5.42. The molecule has 0 aliphatic rings. The lowest BCUT2D eigenvalue weighted by Crippen LogP contribution is -2.26. The zero-order valence-electron chi connectivity index (χ0n) is 10.1. The van der Waals surface area contributed by atoms with Gasteiger partial charge in [0.1, 0.15) is 17.4 Å². The number of nitrogens with one attached hydrogen (secondary N) is 1. The highest BCUT2D eigenvalue weighted by Crippen LogP contribution is 2.09. The van der Waals surface area contributed by atoms with Gasteiger partial charge in [-0.05, 0) is 37.1 Å². The van der Waals surface area contributed by atoms with Gasteiger partial charge in [-0.25, -0.2) is 8.78 Å². The summed E-state index contributed by atoms with van der Waals surface area (Å²) in [7, 11) is 0. The number of amides is 1. The minimum atomic E-state index is -0.505. The molecule has 3 nitrogen and oxygen atoms in total. The van der Waals surface area contributed by atoms with Gasteiger partial charge in [-0.2, -0.15) is 0 Å². The molecule has 1 aromatic rings. The Labute approximate surface area is 104 Å². The third kappa shape index (κ3) is 5.03. The molecule has 5 heteroatoms. The van der Waals surface area contributed by atoms with Gasteiger partial charge in [0, 0.05) is 19.4 Å². The summed E-state index contributed by atoms with van der Waals surface area (Å²) in [5.74, 6) is -1.31. The lowest BCUT2D eigenvalue weighted by atomic mass is 10.1. The van der Waals surface area contributed by atoms with Crippen molar-refractivity contribution >= 4 is 11.7 Å². The van der Waals surface area contributed by atoms with Gasteiger partial charge in [0.25, 0.3) is 0 Å². The fourth-order valence-corrected chi connectivity index (χ4v) is 1.45.